The number of hydrazine groups is 1. The molecule has 4 amide bonds. The van der Waals surface area contributed by atoms with Gasteiger partial charge in [-0.2, -0.15) is 0 Å². The number of nitrogens with zero attached hydrogens (tertiary/aromatic N) is 3. The topological polar surface area (TPSA) is 159 Å². The minimum atomic E-state index is -1.01. The fourth-order valence-electron chi connectivity index (χ4n) is 5.53. The van der Waals surface area contributed by atoms with Gasteiger partial charge in [0.1, 0.15) is 17.7 Å². The molecule has 1 saturated heterocycles. The fraction of sp³-hybridized carbons (Fsp3) is 0.568. The Kier molecular flexibility index (Phi) is 14.7. The molecule has 1 fully saturated rings. The standard InChI is InChI=1S/C37H54N6O7/c1-9-19-42(36(48)50-37(6,7)8)20-11-10-13-27-15-16-28-17-18-29(40-31(28)22-27)25(4)38-33(45)30-14-12-21-43(41-30)35(47)26(5)39-34(46)32(24(2)3)49-23-44/h10,13,15-18,22-26,30,32,41H,9,11-12,14,19-21H2,1-8H3,(H,38,45)(H,39,46)/b13-10+/t25-,26?,30?,32?/m1/s1. The Labute approximate surface area is 295 Å². The van der Waals surface area contributed by atoms with Crippen LogP contribution in [-0.4, -0.2) is 88.6 Å². The summed E-state index contributed by atoms with van der Waals surface area (Å²) in [7, 11) is 0. The lowest BCUT2D eigenvalue weighted by Crippen LogP contribution is -2.61. The first-order chi connectivity index (χ1) is 23.6. The summed E-state index contributed by atoms with van der Waals surface area (Å²) in [4.78, 5) is 68.9. The third-order valence-electron chi connectivity index (χ3n) is 8.13. The molecule has 1 aromatic heterocycles. The Morgan fingerprint density at radius 2 is 1.80 bits per heavy atom. The molecule has 0 saturated carbocycles. The first-order valence-corrected chi connectivity index (χ1v) is 17.5. The average Bonchev–Trinajstić information content (AvgIpc) is 3.06. The van der Waals surface area contributed by atoms with Crippen molar-refractivity contribution < 1.29 is 33.4 Å². The third-order valence-corrected chi connectivity index (χ3v) is 8.13. The Hall–Kier alpha value is -4.52. The van der Waals surface area contributed by atoms with Gasteiger partial charge in [-0.1, -0.05) is 51.1 Å². The van der Waals surface area contributed by atoms with Crippen molar-refractivity contribution in [2.75, 3.05) is 19.6 Å². The molecule has 3 N–H and O–H groups in total. The second-order valence-corrected chi connectivity index (χ2v) is 14.0. The van der Waals surface area contributed by atoms with E-state index >= 15 is 0 Å². The molecule has 1 aromatic carbocycles. The summed E-state index contributed by atoms with van der Waals surface area (Å²) < 4.78 is 10.4. The van der Waals surface area contributed by atoms with Crippen LogP contribution >= 0.6 is 0 Å². The minimum Gasteiger partial charge on any atom is -0.454 e. The number of carbonyl (C=O) groups is 5. The van der Waals surface area contributed by atoms with Crippen molar-refractivity contribution in [3.8, 4) is 0 Å². The summed E-state index contributed by atoms with van der Waals surface area (Å²) in [5.74, 6) is -1.51. The van der Waals surface area contributed by atoms with Gasteiger partial charge < -0.3 is 25.0 Å². The van der Waals surface area contributed by atoms with Gasteiger partial charge in [0.15, 0.2) is 6.10 Å². The molecule has 0 radical (unpaired) electrons. The Morgan fingerprint density at radius 3 is 2.46 bits per heavy atom. The van der Waals surface area contributed by atoms with Crippen LogP contribution in [0.15, 0.2) is 36.4 Å². The van der Waals surface area contributed by atoms with Gasteiger partial charge in [0, 0.05) is 25.0 Å². The molecule has 13 nitrogen and oxygen atoms in total. The van der Waals surface area contributed by atoms with Crippen LogP contribution in [0.4, 0.5) is 4.79 Å². The van der Waals surface area contributed by atoms with E-state index in [2.05, 4.69) is 16.1 Å². The minimum absolute atomic E-state index is 0.219. The highest BCUT2D eigenvalue weighted by atomic mass is 16.6. The summed E-state index contributed by atoms with van der Waals surface area (Å²) in [6, 6.07) is 7.90. The van der Waals surface area contributed by atoms with Crippen molar-refractivity contribution >= 4 is 47.3 Å². The molecule has 3 rings (SSSR count). The van der Waals surface area contributed by atoms with E-state index in [-0.39, 0.29) is 24.4 Å². The number of pyridine rings is 1. The Balaban J connectivity index is 1.59. The van der Waals surface area contributed by atoms with Gasteiger partial charge in [0.25, 0.3) is 18.3 Å². The maximum Gasteiger partial charge on any atom is 0.410 e. The molecule has 0 aliphatic carbocycles. The van der Waals surface area contributed by atoms with E-state index < -0.39 is 41.6 Å². The van der Waals surface area contributed by atoms with Crippen LogP contribution in [0, 0.1) is 5.92 Å². The van der Waals surface area contributed by atoms with Gasteiger partial charge in [0.05, 0.1) is 17.3 Å². The highest BCUT2D eigenvalue weighted by molar-refractivity contribution is 5.90. The predicted molar refractivity (Wildman–Crippen MR) is 191 cm³/mol. The van der Waals surface area contributed by atoms with E-state index in [1.54, 1.807) is 25.7 Å². The molecule has 2 heterocycles. The molecule has 1 aliphatic heterocycles. The van der Waals surface area contributed by atoms with Crippen molar-refractivity contribution in [2.24, 2.45) is 5.92 Å². The maximum absolute atomic E-state index is 13.3. The maximum atomic E-state index is 13.3. The summed E-state index contributed by atoms with van der Waals surface area (Å²) in [6.45, 7) is 16.3. The van der Waals surface area contributed by atoms with Crippen molar-refractivity contribution in [1.82, 2.24) is 31.0 Å². The molecule has 0 spiro atoms. The molecule has 4 atom stereocenters. The second kappa shape index (κ2) is 18.5. The van der Waals surface area contributed by atoms with Crippen LogP contribution in [0.2, 0.25) is 0 Å². The number of fused-ring (bicyclic) bond motifs is 1. The highest BCUT2D eigenvalue weighted by Crippen LogP contribution is 2.20. The number of carbonyl (C=O) groups excluding carboxylic acids is 5. The normalized spacial score (nSPS) is 16.8. The van der Waals surface area contributed by atoms with Gasteiger partial charge in [0.2, 0.25) is 5.91 Å². The molecule has 274 valence electrons. The molecular weight excluding hydrogens is 640 g/mol. The zero-order chi connectivity index (χ0) is 37.0. The summed E-state index contributed by atoms with van der Waals surface area (Å²) in [5.41, 5.74) is 4.91. The molecule has 1 aliphatic rings. The van der Waals surface area contributed by atoms with Gasteiger partial charge in [-0.25, -0.2) is 10.2 Å². The number of hydrogen-bond donors (Lipinski definition) is 3. The summed E-state index contributed by atoms with van der Waals surface area (Å²) in [6.07, 6.45) is 5.37. The lowest BCUT2D eigenvalue weighted by atomic mass is 10.1. The van der Waals surface area contributed by atoms with Crippen LogP contribution in [0.1, 0.15) is 98.4 Å². The van der Waals surface area contributed by atoms with Gasteiger partial charge in [-0.05, 0) is 83.9 Å². The van der Waals surface area contributed by atoms with Crippen LogP contribution in [0.3, 0.4) is 0 Å². The highest BCUT2D eigenvalue weighted by Gasteiger charge is 2.33. The Morgan fingerprint density at radius 1 is 1.08 bits per heavy atom. The number of aromatic nitrogens is 1. The Bertz CT molecular complexity index is 1520. The van der Waals surface area contributed by atoms with Crippen LogP contribution in [0.5, 0.6) is 0 Å². The quantitative estimate of drug-likeness (QED) is 0.226. The molecule has 50 heavy (non-hydrogen) atoms. The van der Waals surface area contributed by atoms with E-state index in [0.717, 1.165) is 22.9 Å². The third kappa shape index (κ3) is 11.8. The summed E-state index contributed by atoms with van der Waals surface area (Å²) in [5, 5.41) is 7.94. The average molecular weight is 695 g/mol. The summed E-state index contributed by atoms with van der Waals surface area (Å²) >= 11 is 0. The SMILES string of the molecule is CCCN(CC/C=C/c1ccc2ccc([C@@H](C)NC(=O)C3CCCN(C(=O)C(C)NC(=O)C(OC=O)C(C)C)N3)nc2c1)C(=O)OC(C)(C)C. The second-order valence-electron chi connectivity index (χ2n) is 14.0. The van der Waals surface area contributed by atoms with Crippen LogP contribution < -0.4 is 16.1 Å². The monoisotopic (exact) mass is 694 g/mol. The molecule has 0 bridgehead atoms. The smallest absolute Gasteiger partial charge is 0.410 e. The number of hydrogen-bond acceptors (Lipinski definition) is 9. The number of amides is 4. The molecule has 3 unspecified atom stereocenters. The van der Waals surface area contributed by atoms with E-state index in [1.165, 1.54) is 5.01 Å². The van der Waals surface area contributed by atoms with Gasteiger partial charge in [-0.3, -0.25) is 29.2 Å². The van der Waals surface area contributed by atoms with Crippen LogP contribution in [0.25, 0.3) is 17.0 Å². The predicted octanol–water partition coefficient (Wildman–Crippen LogP) is 4.66. The lowest BCUT2D eigenvalue weighted by molar-refractivity contribution is -0.150. The van der Waals surface area contributed by atoms with Gasteiger partial charge in [-0.15, -0.1) is 0 Å². The lowest BCUT2D eigenvalue weighted by Gasteiger charge is -2.35. The fourth-order valence-corrected chi connectivity index (χ4v) is 5.53. The molecule has 13 heteroatoms. The van der Waals surface area contributed by atoms with Crippen molar-refractivity contribution in [3.05, 3.63) is 47.7 Å². The number of nitrogens with one attached hydrogen (secondary N) is 3. The van der Waals surface area contributed by atoms with E-state index in [1.807, 2.05) is 77.1 Å². The zero-order valence-corrected chi connectivity index (χ0v) is 30.7. The first kappa shape index (κ1) is 39.9. The van der Waals surface area contributed by atoms with E-state index in [9.17, 15) is 24.0 Å². The van der Waals surface area contributed by atoms with Crippen molar-refractivity contribution in [2.45, 2.75) is 111 Å². The van der Waals surface area contributed by atoms with Crippen molar-refractivity contribution in [3.63, 3.8) is 0 Å². The van der Waals surface area contributed by atoms with Gasteiger partial charge >= 0.3 is 6.09 Å². The largest absolute Gasteiger partial charge is 0.454 e. The van der Waals surface area contributed by atoms with E-state index in [0.29, 0.717) is 44.6 Å². The molecule has 2 aromatic rings. The van der Waals surface area contributed by atoms with Crippen LogP contribution in [-0.2, 0) is 28.7 Å². The molecular formula is C37H54N6O7. The van der Waals surface area contributed by atoms with Crippen molar-refractivity contribution in [1.29, 1.82) is 0 Å². The number of ether oxygens (including phenoxy) is 2. The zero-order valence-electron chi connectivity index (χ0n) is 30.7. The van der Waals surface area contributed by atoms with E-state index in [4.69, 9.17) is 14.5 Å². The number of benzene rings is 1. The number of rotatable bonds is 15. The first-order valence-electron chi connectivity index (χ1n) is 17.5.